The molecule has 3 unspecified atom stereocenters. The zero-order valence-electron chi connectivity index (χ0n) is 8.95. The molecule has 1 fully saturated rings. The van der Waals surface area contributed by atoms with Gasteiger partial charge in [-0.3, -0.25) is 4.90 Å². The van der Waals surface area contributed by atoms with E-state index in [4.69, 9.17) is 0 Å². The monoisotopic (exact) mass is 186 g/mol. The summed E-state index contributed by atoms with van der Waals surface area (Å²) < 4.78 is 0. The first-order chi connectivity index (χ1) is 6.19. The van der Waals surface area contributed by atoms with Crippen LogP contribution in [0, 0.1) is 0 Å². The molecule has 2 N–H and O–H groups in total. The number of nitrogens with zero attached hydrogens (tertiary/aromatic N) is 1. The molecule has 0 bridgehead atoms. The average molecular weight is 186 g/mol. The molecule has 0 amide bonds. The predicted molar refractivity (Wildman–Crippen MR) is 54.8 cm³/mol. The van der Waals surface area contributed by atoms with E-state index in [1.54, 1.807) is 0 Å². The van der Waals surface area contributed by atoms with Crippen molar-refractivity contribution < 1.29 is 5.11 Å². The minimum atomic E-state index is 0.285. The van der Waals surface area contributed by atoms with Gasteiger partial charge in [-0.25, -0.2) is 0 Å². The molecule has 1 aliphatic rings. The van der Waals surface area contributed by atoms with E-state index in [0.717, 1.165) is 19.5 Å². The Labute approximate surface area is 81.1 Å². The number of rotatable bonds is 3. The molecule has 3 atom stereocenters. The Balaban J connectivity index is 2.53. The first kappa shape index (κ1) is 11.0. The van der Waals surface area contributed by atoms with E-state index in [0.29, 0.717) is 18.1 Å². The van der Waals surface area contributed by atoms with E-state index in [1.807, 2.05) is 0 Å². The number of hydrogen-bond acceptors (Lipinski definition) is 3. The minimum absolute atomic E-state index is 0.285. The smallest absolute Gasteiger partial charge is 0.0586 e. The van der Waals surface area contributed by atoms with Crippen LogP contribution >= 0.6 is 0 Å². The summed E-state index contributed by atoms with van der Waals surface area (Å²) in [4.78, 5) is 2.42. The van der Waals surface area contributed by atoms with Gasteiger partial charge in [0.15, 0.2) is 0 Å². The van der Waals surface area contributed by atoms with E-state index in [9.17, 15) is 5.11 Å². The zero-order valence-corrected chi connectivity index (χ0v) is 8.95. The maximum atomic E-state index is 9.22. The molecule has 0 aliphatic carbocycles. The van der Waals surface area contributed by atoms with Crippen LogP contribution in [0.2, 0.25) is 0 Å². The number of aliphatic hydroxyl groups excluding tert-OH is 1. The summed E-state index contributed by atoms with van der Waals surface area (Å²) in [5.74, 6) is 0. The molecule has 0 aromatic carbocycles. The minimum Gasteiger partial charge on any atom is -0.395 e. The van der Waals surface area contributed by atoms with Gasteiger partial charge in [-0.2, -0.15) is 0 Å². The summed E-state index contributed by atoms with van der Waals surface area (Å²) >= 11 is 0. The van der Waals surface area contributed by atoms with Crippen molar-refractivity contribution in [1.29, 1.82) is 0 Å². The molecule has 0 spiro atoms. The second kappa shape index (κ2) is 4.94. The van der Waals surface area contributed by atoms with Crippen LogP contribution in [0.5, 0.6) is 0 Å². The summed E-state index contributed by atoms with van der Waals surface area (Å²) in [5, 5.41) is 12.7. The van der Waals surface area contributed by atoms with Crippen molar-refractivity contribution in [3.8, 4) is 0 Å². The van der Waals surface area contributed by atoms with Crippen molar-refractivity contribution in [1.82, 2.24) is 10.2 Å². The van der Waals surface area contributed by atoms with Crippen LogP contribution in [0.1, 0.15) is 27.2 Å². The fourth-order valence-corrected chi connectivity index (χ4v) is 2.03. The maximum absolute atomic E-state index is 9.22. The second-order valence-electron chi connectivity index (χ2n) is 4.10. The molecule has 3 nitrogen and oxygen atoms in total. The van der Waals surface area contributed by atoms with Crippen LogP contribution in [-0.4, -0.2) is 47.8 Å². The molecule has 1 heterocycles. The normalized spacial score (nSPS) is 33.2. The van der Waals surface area contributed by atoms with Gasteiger partial charge < -0.3 is 10.4 Å². The van der Waals surface area contributed by atoms with Crippen molar-refractivity contribution in [2.45, 2.75) is 45.3 Å². The summed E-state index contributed by atoms with van der Waals surface area (Å²) in [6, 6.07) is 1.45. The molecular weight excluding hydrogens is 164 g/mol. The number of nitrogens with one attached hydrogen (secondary N) is 1. The Morgan fingerprint density at radius 3 is 2.77 bits per heavy atom. The Bertz CT molecular complexity index is 148. The summed E-state index contributed by atoms with van der Waals surface area (Å²) in [6.45, 7) is 8.94. The topological polar surface area (TPSA) is 35.5 Å². The molecule has 0 radical (unpaired) electrons. The van der Waals surface area contributed by atoms with Crippen LogP contribution < -0.4 is 5.32 Å². The quantitative estimate of drug-likeness (QED) is 0.671. The molecule has 13 heavy (non-hydrogen) atoms. The third kappa shape index (κ3) is 2.66. The van der Waals surface area contributed by atoms with Gasteiger partial charge in [0, 0.05) is 31.2 Å². The van der Waals surface area contributed by atoms with Gasteiger partial charge >= 0.3 is 0 Å². The fourth-order valence-electron chi connectivity index (χ4n) is 2.03. The first-order valence-electron chi connectivity index (χ1n) is 5.29. The second-order valence-corrected chi connectivity index (χ2v) is 4.10. The summed E-state index contributed by atoms with van der Waals surface area (Å²) in [7, 11) is 0. The van der Waals surface area contributed by atoms with Crippen molar-refractivity contribution in [3.05, 3.63) is 0 Å². The van der Waals surface area contributed by atoms with Crippen LogP contribution in [0.25, 0.3) is 0 Å². The number of piperazine rings is 1. The van der Waals surface area contributed by atoms with Crippen molar-refractivity contribution in [2.75, 3.05) is 19.7 Å². The average Bonchev–Trinajstić information content (AvgIpc) is 2.13. The zero-order chi connectivity index (χ0) is 9.84. The Morgan fingerprint density at radius 2 is 2.23 bits per heavy atom. The highest BCUT2D eigenvalue weighted by Crippen LogP contribution is 2.12. The lowest BCUT2D eigenvalue weighted by molar-refractivity contribution is 0.0563. The predicted octanol–water partition coefficient (Wildman–Crippen LogP) is 0.439. The Morgan fingerprint density at radius 1 is 1.54 bits per heavy atom. The van der Waals surface area contributed by atoms with Gasteiger partial charge in [-0.05, 0) is 20.3 Å². The third-order valence-corrected chi connectivity index (χ3v) is 2.96. The van der Waals surface area contributed by atoms with E-state index >= 15 is 0 Å². The Kier molecular flexibility index (Phi) is 4.16. The molecule has 1 aliphatic heterocycles. The largest absolute Gasteiger partial charge is 0.395 e. The van der Waals surface area contributed by atoms with Gasteiger partial charge in [0.2, 0.25) is 0 Å². The highest BCUT2D eigenvalue weighted by molar-refractivity contribution is 4.85. The van der Waals surface area contributed by atoms with E-state index in [2.05, 4.69) is 31.0 Å². The molecule has 1 rings (SSSR count). The molecule has 0 aromatic heterocycles. The van der Waals surface area contributed by atoms with Gasteiger partial charge in [-0.15, -0.1) is 0 Å². The fraction of sp³-hybridized carbons (Fsp3) is 1.00. The Hall–Kier alpha value is -0.120. The molecule has 3 heteroatoms. The SMILES string of the molecule is CCC(CO)N1CC(C)NCC1C. The standard InChI is InChI=1S/C10H22N2O/c1-4-10(7-13)12-6-8(2)11-5-9(12)3/h8-11,13H,4-7H2,1-3H3. The number of aliphatic hydroxyl groups is 1. The van der Waals surface area contributed by atoms with E-state index in [-0.39, 0.29) is 6.61 Å². The van der Waals surface area contributed by atoms with Crippen molar-refractivity contribution in [3.63, 3.8) is 0 Å². The summed E-state index contributed by atoms with van der Waals surface area (Å²) in [5.41, 5.74) is 0. The first-order valence-corrected chi connectivity index (χ1v) is 5.29. The van der Waals surface area contributed by atoms with Crippen LogP contribution in [0.3, 0.4) is 0 Å². The summed E-state index contributed by atoms with van der Waals surface area (Å²) in [6.07, 6.45) is 1.04. The van der Waals surface area contributed by atoms with Gasteiger partial charge in [0.25, 0.3) is 0 Å². The molecule has 78 valence electrons. The van der Waals surface area contributed by atoms with Crippen molar-refractivity contribution >= 4 is 0 Å². The lowest BCUT2D eigenvalue weighted by atomic mass is 10.1. The van der Waals surface area contributed by atoms with Crippen LogP contribution in [-0.2, 0) is 0 Å². The third-order valence-electron chi connectivity index (χ3n) is 2.96. The van der Waals surface area contributed by atoms with E-state index < -0.39 is 0 Å². The highest BCUT2D eigenvalue weighted by atomic mass is 16.3. The lowest BCUT2D eigenvalue weighted by Crippen LogP contribution is -2.58. The molecular formula is C10H22N2O. The van der Waals surface area contributed by atoms with Crippen LogP contribution in [0.15, 0.2) is 0 Å². The van der Waals surface area contributed by atoms with E-state index in [1.165, 1.54) is 0 Å². The van der Waals surface area contributed by atoms with Gasteiger partial charge in [0.1, 0.15) is 0 Å². The van der Waals surface area contributed by atoms with Crippen LogP contribution in [0.4, 0.5) is 0 Å². The molecule has 1 saturated heterocycles. The maximum Gasteiger partial charge on any atom is 0.0586 e. The highest BCUT2D eigenvalue weighted by Gasteiger charge is 2.26. The van der Waals surface area contributed by atoms with Gasteiger partial charge in [-0.1, -0.05) is 6.92 Å². The number of hydrogen-bond donors (Lipinski definition) is 2. The van der Waals surface area contributed by atoms with Crippen molar-refractivity contribution in [2.24, 2.45) is 0 Å². The van der Waals surface area contributed by atoms with Gasteiger partial charge in [0.05, 0.1) is 6.61 Å². The molecule has 0 saturated carbocycles. The lowest BCUT2D eigenvalue weighted by Gasteiger charge is -2.41. The molecule has 0 aromatic rings.